The largest absolute Gasteiger partial charge is 0.488 e. The zero-order valence-corrected chi connectivity index (χ0v) is 20.0. The van der Waals surface area contributed by atoms with E-state index >= 15 is 0 Å². The molecule has 1 aromatic heterocycles. The van der Waals surface area contributed by atoms with E-state index in [0.717, 1.165) is 61.7 Å². The Labute approximate surface area is 202 Å². The van der Waals surface area contributed by atoms with Crippen molar-refractivity contribution in [3.05, 3.63) is 30.5 Å². The van der Waals surface area contributed by atoms with Crippen molar-refractivity contribution >= 4 is 18.4 Å². The number of nitrogens with one attached hydrogen (secondary N) is 1. The second-order valence-corrected chi connectivity index (χ2v) is 9.24. The molecular weight excluding hydrogens is 442 g/mol. The molecule has 3 aliphatic rings. The molecule has 180 valence electrons. The van der Waals surface area contributed by atoms with Crippen molar-refractivity contribution < 1.29 is 18.9 Å². The predicted molar refractivity (Wildman–Crippen MR) is 129 cm³/mol. The van der Waals surface area contributed by atoms with Crippen molar-refractivity contribution in [3.63, 3.8) is 0 Å². The number of nitrogens with zero attached hydrogens (tertiary/aromatic N) is 2. The van der Waals surface area contributed by atoms with Crippen LogP contribution in [-0.4, -0.2) is 54.6 Å². The molecule has 1 aliphatic carbocycles. The maximum atomic E-state index is 6.28. The summed E-state index contributed by atoms with van der Waals surface area (Å²) in [5.74, 6) is 2.91. The van der Waals surface area contributed by atoms with E-state index in [1.54, 1.807) is 0 Å². The van der Waals surface area contributed by atoms with Crippen LogP contribution in [0.3, 0.4) is 0 Å². The lowest BCUT2D eigenvalue weighted by molar-refractivity contribution is 0.138. The molecule has 1 N–H and O–H groups in total. The molecule has 1 aromatic carbocycles. The van der Waals surface area contributed by atoms with E-state index in [1.165, 1.54) is 12.8 Å². The van der Waals surface area contributed by atoms with Crippen LogP contribution in [-0.2, 0) is 9.47 Å². The Kier molecular flexibility index (Phi) is 8.28. The van der Waals surface area contributed by atoms with Crippen LogP contribution in [0.5, 0.6) is 11.6 Å². The summed E-state index contributed by atoms with van der Waals surface area (Å²) >= 11 is 0. The summed E-state index contributed by atoms with van der Waals surface area (Å²) in [7, 11) is 0. The van der Waals surface area contributed by atoms with Gasteiger partial charge in [-0.1, -0.05) is 19.1 Å². The van der Waals surface area contributed by atoms with Gasteiger partial charge in [0.15, 0.2) is 0 Å². The number of halogens is 1. The highest BCUT2D eigenvalue weighted by atomic mass is 35.5. The van der Waals surface area contributed by atoms with Gasteiger partial charge >= 0.3 is 0 Å². The van der Waals surface area contributed by atoms with Crippen LogP contribution < -0.4 is 14.8 Å². The molecule has 2 saturated heterocycles. The maximum Gasteiger partial charge on any atom is 0.226 e. The average molecular weight is 476 g/mol. The quantitative estimate of drug-likeness (QED) is 0.610. The first kappa shape index (κ1) is 24.0. The monoisotopic (exact) mass is 475 g/mol. The van der Waals surface area contributed by atoms with E-state index in [1.807, 2.05) is 30.5 Å². The summed E-state index contributed by atoms with van der Waals surface area (Å²) < 4.78 is 23.2. The van der Waals surface area contributed by atoms with Crippen LogP contribution in [0.2, 0.25) is 0 Å². The molecule has 0 amide bonds. The summed E-state index contributed by atoms with van der Waals surface area (Å²) in [5.41, 5.74) is 1.89. The highest BCUT2D eigenvalue weighted by Crippen LogP contribution is 2.33. The standard InChI is InChI=1S/C25H33N3O4.ClH/c1-17-2-6-19(7-3-17)27-25-26-14-23(24(28-25)32-22-11-13-30-16-22)18-4-8-20(9-5-18)31-21-10-12-29-15-21;/h4-5,8-9,14,17,19,21-22H,2-3,6-7,10-13,15-16H2,1H3,(H,26,27,28);1H/t17-,19+,21-,22+;/m0./s1. The molecule has 8 heteroatoms. The third kappa shape index (κ3) is 6.28. The molecular formula is C25H34ClN3O4. The number of anilines is 1. The molecule has 0 radical (unpaired) electrons. The Morgan fingerprint density at radius 2 is 1.55 bits per heavy atom. The van der Waals surface area contributed by atoms with Gasteiger partial charge in [0, 0.05) is 25.1 Å². The predicted octanol–water partition coefficient (Wildman–Crippen LogP) is 4.89. The zero-order chi connectivity index (χ0) is 21.8. The maximum absolute atomic E-state index is 6.28. The van der Waals surface area contributed by atoms with Gasteiger partial charge in [-0.3, -0.25) is 0 Å². The summed E-state index contributed by atoms with van der Waals surface area (Å²) in [6.07, 6.45) is 8.66. The zero-order valence-electron chi connectivity index (χ0n) is 19.2. The number of aromatic nitrogens is 2. The van der Waals surface area contributed by atoms with E-state index in [-0.39, 0.29) is 24.6 Å². The lowest BCUT2D eigenvalue weighted by Gasteiger charge is -2.27. The highest BCUT2D eigenvalue weighted by Gasteiger charge is 2.23. The minimum Gasteiger partial charge on any atom is -0.488 e. The van der Waals surface area contributed by atoms with E-state index in [2.05, 4.69) is 17.2 Å². The first-order chi connectivity index (χ1) is 15.7. The lowest BCUT2D eigenvalue weighted by atomic mass is 9.87. The first-order valence-electron chi connectivity index (χ1n) is 12.0. The van der Waals surface area contributed by atoms with E-state index in [4.69, 9.17) is 23.9 Å². The number of hydrogen-bond acceptors (Lipinski definition) is 7. The van der Waals surface area contributed by atoms with Gasteiger partial charge in [-0.25, -0.2) is 4.98 Å². The van der Waals surface area contributed by atoms with E-state index < -0.39 is 0 Å². The number of benzene rings is 1. The molecule has 3 fully saturated rings. The Balaban J connectivity index is 0.00000259. The minimum absolute atomic E-state index is 0. The smallest absolute Gasteiger partial charge is 0.226 e. The fourth-order valence-corrected chi connectivity index (χ4v) is 4.59. The molecule has 2 aliphatic heterocycles. The Hall–Kier alpha value is -2.09. The van der Waals surface area contributed by atoms with Crippen molar-refractivity contribution in [2.45, 2.75) is 63.7 Å². The van der Waals surface area contributed by atoms with Crippen LogP contribution in [0.25, 0.3) is 11.1 Å². The topological polar surface area (TPSA) is 74.7 Å². The van der Waals surface area contributed by atoms with Gasteiger partial charge in [0.05, 0.1) is 32.0 Å². The van der Waals surface area contributed by atoms with Crippen LogP contribution in [0.4, 0.5) is 5.95 Å². The molecule has 1 saturated carbocycles. The van der Waals surface area contributed by atoms with Gasteiger partial charge < -0.3 is 24.3 Å². The van der Waals surface area contributed by atoms with E-state index in [0.29, 0.717) is 31.1 Å². The van der Waals surface area contributed by atoms with Crippen molar-refractivity contribution in [3.8, 4) is 22.8 Å². The van der Waals surface area contributed by atoms with Gasteiger partial charge in [0.2, 0.25) is 11.8 Å². The Morgan fingerprint density at radius 3 is 2.18 bits per heavy atom. The molecule has 0 spiro atoms. The third-order valence-electron chi connectivity index (χ3n) is 6.63. The van der Waals surface area contributed by atoms with Gasteiger partial charge in [-0.05, 0) is 49.3 Å². The molecule has 7 nitrogen and oxygen atoms in total. The number of ether oxygens (including phenoxy) is 4. The summed E-state index contributed by atoms with van der Waals surface area (Å²) in [6.45, 7) is 5.09. The second-order valence-electron chi connectivity index (χ2n) is 9.24. The Bertz CT molecular complexity index is 878. The molecule has 33 heavy (non-hydrogen) atoms. The molecule has 5 rings (SSSR count). The Morgan fingerprint density at radius 1 is 0.879 bits per heavy atom. The number of hydrogen-bond donors (Lipinski definition) is 1. The van der Waals surface area contributed by atoms with Crippen molar-refractivity contribution in [1.82, 2.24) is 9.97 Å². The van der Waals surface area contributed by atoms with Gasteiger partial charge in [-0.15, -0.1) is 12.4 Å². The number of rotatable bonds is 7. The fourth-order valence-electron chi connectivity index (χ4n) is 4.59. The normalized spacial score (nSPS) is 27.1. The second kappa shape index (κ2) is 11.4. The average Bonchev–Trinajstić information content (AvgIpc) is 3.51. The molecule has 0 bridgehead atoms. The van der Waals surface area contributed by atoms with Gasteiger partial charge in [0.1, 0.15) is 18.0 Å². The van der Waals surface area contributed by atoms with Gasteiger partial charge in [-0.2, -0.15) is 4.98 Å². The van der Waals surface area contributed by atoms with Crippen LogP contribution in [0.1, 0.15) is 45.4 Å². The minimum atomic E-state index is 0. The van der Waals surface area contributed by atoms with Crippen LogP contribution >= 0.6 is 12.4 Å². The molecule has 2 atom stereocenters. The van der Waals surface area contributed by atoms with Crippen molar-refractivity contribution in [2.75, 3.05) is 31.7 Å². The van der Waals surface area contributed by atoms with Crippen LogP contribution in [0.15, 0.2) is 30.5 Å². The first-order valence-corrected chi connectivity index (χ1v) is 12.0. The van der Waals surface area contributed by atoms with Crippen molar-refractivity contribution in [1.29, 1.82) is 0 Å². The highest BCUT2D eigenvalue weighted by molar-refractivity contribution is 5.85. The van der Waals surface area contributed by atoms with Crippen molar-refractivity contribution in [2.24, 2.45) is 5.92 Å². The third-order valence-corrected chi connectivity index (χ3v) is 6.63. The van der Waals surface area contributed by atoms with E-state index in [9.17, 15) is 0 Å². The fraction of sp³-hybridized carbons (Fsp3) is 0.600. The summed E-state index contributed by atoms with van der Waals surface area (Å²) in [4.78, 5) is 9.41. The molecule has 3 heterocycles. The SMILES string of the molecule is C[C@H]1CC[C@@H](Nc2ncc(-c3ccc(O[C@H]4CCOC4)cc3)c(O[C@@H]3CCOC3)n2)CC1.Cl. The summed E-state index contributed by atoms with van der Waals surface area (Å²) in [5, 5.41) is 3.53. The molecule has 2 aromatic rings. The van der Waals surface area contributed by atoms with Crippen LogP contribution in [0, 0.1) is 5.92 Å². The van der Waals surface area contributed by atoms with Gasteiger partial charge in [0.25, 0.3) is 0 Å². The summed E-state index contributed by atoms with van der Waals surface area (Å²) in [6, 6.07) is 8.49. The molecule has 0 unspecified atom stereocenters. The lowest BCUT2D eigenvalue weighted by Crippen LogP contribution is -2.26.